The van der Waals surface area contributed by atoms with Crippen LogP contribution in [-0.4, -0.2) is 42.6 Å². The Balaban J connectivity index is 1.67. The Morgan fingerprint density at radius 3 is 2.59 bits per heavy atom. The van der Waals surface area contributed by atoms with E-state index >= 15 is 0 Å². The van der Waals surface area contributed by atoms with Gasteiger partial charge in [-0.05, 0) is 59.9 Å². The summed E-state index contributed by atoms with van der Waals surface area (Å²) in [5.41, 5.74) is 3.20. The second-order valence-corrected chi connectivity index (χ2v) is 6.53. The van der Waals surface area contributed by atoms with Gasteiger partial charge < -0.3 is 19.5 Å². The third-order valence-corrected chi connectivity index (χ3v) is 4.91. The molecule has 1 heterocycles. The summed E-state index contributed by atoms with van der Waals surface area (Å²) in [5, 5.41) is 9.16. The normalized spacial score (nSPS) is 13.0. The molecule has 1 aliphatic heterocycles. The van der Waals surface area contributed by atoms with E-state index in [1.807, 2.05) is 24.3 Å². The number of fused-ring (bicyclic) bond motifs is 1. The lowest BCUT2D eigenvalue weighted by atomic mass is 9.97. The summed E-state index contributed by atoms with van der Waals surface area (Å²) in [4.78, 5) is 25.7. The van der Waals surface area contributed by atoms with Crippen molar-refractivity contribution in [2.75, 3.05) is 20.8 Å². The highest BCUT2D eigenvalue weighted by molar-refractivity contribution is 5.88. The van der Waals surface area contributed by atoms with Gasteiger partial charge in [0.05, 0.1) is 19.8 Å². The van der Waals surface area contributed by atoms with Crippen LogP contribution in [0.3, 0.4) is 0 Å². The van der Waals surface area contributed by atoms with Crippen LogP contribution in [0.25, 0.3) is 0 Å². The number of aryl methyl sites for hydroxylation is 1. The number of nitrogens with zero attached hydrogens (tertiary/aromatic N) is 1. The lowest BCUT2D eigenvalue weighted by Crippen LogP contribution is -2.36. The number of carboxylic acids is 1. The molecule has 0 saturated carbocycles. The molecule has 0 aromatic heterocycles. The third-order valence-electron chi connectivity index (χ3n) is 4.91. The molecule has 27 heavy (non-hydrogen) atoms. The van der Waals surface area contributed by atoms with E-state index in [0.717, 1.165) is 34.6 Å². The summed E-state index contributed by atoms with van der Waals surface area (Å²) >= 11 is 0. The molecule has 142 valence electrons. The third kappa shape index (κ3) is 4.22. The number of carbonyl (C=O) groups is 2. The van der Waals surface area contributed by atoms with Gasteiger partial charge >= 0.3 is 5.97 Å². The number of ether oxygens (including phenoxy) is 2. The monoisotopic (exact) mass is 369 g/mol. The van der Waals surface area contributed by atoms with Gasteiger partial charge in [0, 0.05) is 19.5 Å². The second kappa shape index (κ2) is 8.12. The van der Waals surface area contributed by atoms with Crippen LogP contribution in [-0.2, 0) is 24.2 Å². The molecule has 0 saturated heterocycles. The Bertz CT molecular complexity index is 862. The minimum absolute atomic E-state index is 0.0475. The SMILES string of the molecule is COc1ccc(OC)c(CCC(=O)N2CCc3ccc(C(=O)O)cc3C2)c1. The average molecular weight is 369 g/mol. The van der Waals surface area contributed by atoms with Gasteiger partial charge in [-0.3, -0.25) is 4.79 Å². The molecule has 3 rings (SSSR count). The van der Waals surface area contributed by atoms with Crippen molar-refractivity contribution in [3.05, 3.63) is 58.7 Å². The molecular formula is C21H23NO5. The van der Waals surface area contributed by atoms with Crippen LogP contribution in [0.4, 0.5) is 0 Å². The molecule has 0 aliphatic carbocycles. The summed E-state index contributed by atoms with van der Waals surface area (Å²) in [5.74, 6) is 0.558. The summed E-state index contributed by atoms with van der Waals surface area (Å²) < 4.78 is 10.6. The topological polar surface area (TPSA) is 76.1 Å². The fourth-order valence-corrected chi connectivity index (χ4v) is 3.38. The minimum atomic E-state index is -0.952. The van der Waals surface area contributed by atoms with E-state index in [1.54, 1.807) is 31.3 Å². The van der Waals surface area contributed by atoms with Crippen molar-refractivity contribution < 1.29 is 24.2 Å². The number of aromatic carboxylic acids is 1. The van der Waals surface area contributed by atoms with E-state index < -0.39 is 5.97 Å². The summed E-state index contributed by atoms with van der Waals surface area (Å²) in [6, 6.07) is 10.7. The van der Waals surface area contributed by atoms with Crippen molar-refractivity contribution in [1.82, 2.24) is 4.90 Å². The first-order chi connectivity index (χ1) is 13.0. The molecule has 6 nitrogen and oxygen atoms in total. The van der Waals surface area contributed by atoms with Crippen molar-refractivity contribution in [3.63, 3.8) is 0 Å². The highest BCUT2D eigenvalue weighted by atomic mass is 16.5. The Labute approximate surface area is 158 Å². The molecular weight excluding hydrogens is 346 g/mol. The zero-order valence-electron chi connectivity index (χ0n) is 15.5. The van der Waals surface area contributed by atoms with Gasteiger partial charge in [0.1, 0.15) is 11.5 Å². The standard InChI is InChI=1S/C21H23NO5/c1-26-18-6-7-19(27-2)15(12-18)5-8-20(23)22-10-9-14-3-4-16(21(24)25)11-17(14)13-22/h3-4,6-7,11-12H,5,8-10,13H2,1-2H3,(H,24,25). The number of carbonyl (C=O) groups excluding carboxylic acids is 1. The molecule has 0 spiro atoms. The quantitative estimate of drug-likeness (QED) is 0.847. The predicted octanol–water partition coefficient (Wildman–Crippen LogP) is 2.92. The molecule has 6 heteroatoms. The van der Waals surface area contributed by atoms with Gasteiger partial charge in [0.25, 0.3) is 0 Å². The molecule has 1 amide bonds. The number of amides is 1. The largest absolute Gasteiger partial charge is 0.497 e. The molecule has 0 radical (unpaired) electrons. The molecule has 2 aromatic rings. The van der Waals surface area contributed by atoms with Gasteiger partial charge in [0.2, 0.25) is 5.91 Å². The number of hydrogen-bond donors (Lipinski definition) is 1. The maximum absolute atomic E-state index is 12.7. The maximum Gasteiger partial charge on any atom is 0.335 e. The van der Waals surface area contributed by atoms with Crippen LogP contribution in [0.15, 0.2) is 36.4 Å². The Hall–Kier alpha value is -3.02. The van der Waals surface area contributed by atoms with Crippen LogP contribution in [0.5, 0.6) is 11.5 Å². The Morgan fingerprint density at radius 1 is 1.07 bits per heavy atom. The number of benzene rings is 2. The first-order valence-electron chi connectivity index (χ1n) is 8.85. The van der Waals surface area contributed by atoms with Crippen LogP contribution in [0, 0.1) is 0 Å². The summed E-state index contributed by atoms with van der Waals surface area (Å²) in [6.45, 7) is 1.10. The lowest BCUT2D eigenvalue weighted by Gasteiger charge is -2.29. The van der Waals surface area contributed by atoms with E-state index in [1.165, 1.54) is 0 Å². The molecule has 0 bridgehead atoms. The zero-order chi connectivity index (χ0) is 19.4. The molecule has 0 atom stereocenters. The fourth-order valence-electron chi connectivity index (χ4n) is 3.38. The number of methoxy groups -OCH3 is 2. The van der Waals surface area contributed by atoms with Crippen molar-refractivity contribution in [3.8, 4) is 11.5 Å². The fraction of sp³-hybridized carbons (Fsp3) is 0.333. The van der Waals surface area contributed by atoms with E-state index in [0.29, 0.717) is 25.9 Å². The maximum atomic E-state index is 12.7. The van der Waals surface area contributed by atoms with Gasteiger partial charge in [-0.15, -0.1) is 0 Å². The Kier molecular flexibility index (Phi) is 5.64. The van der Waals surface area contributed by atoms with Gasteiger partial charge in [-0.2, -0.15) is 0 Å². The van der Waals surface area contributed by atoms with E-state index in [2.05, 4.69) is 0 Å². The van der Waals surface area contributed by atoms with E-state index in [-0.39, 0.29) is 11.5 Å². The number of carboxylic acid groups (broad SMARTS) is 1. The number of hydrogen-bond acceptors (Lipinski definition) is 4. The van der Waals surface area contributed by atoms with Crippen LogP contribution in [0.1, 0.15) is 33.5 Å². The lowest BCUT2D eigenvalue weighted by molar-refractivity contribution is -0.132. The van der Waals surface area contributed by atoms with Crippen LogP contribution >= 0.6 is 0 Å². The van der Waals surface area contributed by atoms with Crippen molar-refractivity contribution in [1.29, 1.82) is 0 Å². The summed E-state index contributed by atoms with van der Waals surface area (Å²) in [7, 11) is 3.21. The minimum Gasteiger partial charge on any atom is -0.497 e. The molecule has 2 aromatic carbocycles. The predicted molar refractivity (Wildman–Crippen MR) is 100 cm³/mol. The van der Waals surface area contributed by atoms with Gasteiger partial charge in [0.15, 0.2) is 0 Å². The highest BCUT2D eigenvalue weighted by Crippen LogP contribution is 2.26. The summed E-state index contributed by atoms with van der Waals surface area (Å²) in [6.07, 6.45) is 1.65. The highest BCUT2D eigenvalue weighted by Gasteiger charge is 2.22. The molecule has 1 N–H and O–H groups in total. The molecule has 0 fully saturated rings. The van der Waals surface area contributed by atoms with Gasteiger partial charge in [-0.1, -0.05) is 6.07 Å². The van der Waals surface area contributed by atoms with Crippen molar-refractivity contribution in [2.45, 2.75) is 25.8 Å². The first-order valence-corrected chi connectivity index (χ1v) is 8.85. The zero-order valence-corrected chi connectivity index (χ0v) is 15.5. The van der Waals surface area contributed by atoms with E-state index in [4.69, 9.17) is 14.6 Å². The second-order valence-electron chi connectivity index (χ2n) is 6.53. The van der Waals surface area contributed by atoms with Crippen molar-refractivity contribution >= 4 is 11.9 Å². The van der Waals surface area contributed by atoms with Crippen LogP contribution < -0.4 is 9.47 Å². The average Bonchev–Trinajstić information content (AvgIpc) is 2.70. The number of rotatable bonds is 6. The van der Waals surface area contributed by atoms with Gasteiger partial charge in [-0.25, -0.2) is 4.79 Å². The van der Waals surface area contributed by atoms with E-state index in [9.17, 15) is 9.59 Å². The van der Waals surface area contributed by atoms with Crippen molar-refractivity contribution in [2.24, 2.45) is 0 Å². The van der Waals surface area contributed by atoms with Crippen LogP contribution in [0.2, 0.25) is 0 Å². The molecule has 1 aliphatic rings. The first kappa shape index (κ1) is 18.8. The smallest absolute Gasteiger partial charge is 0.335 e. The Morgan fingerprint density at radius 2 is 1.89 bits per heavy atom. The molecule has 0 unspecified atom stereocenters.